The van der Waals surface area contributed by atoms with E-state index in [1.54, 1.807) is 0 Å². The van der Waals surface area contributed by atoms with Crippen molar-refractivity contribution in [2.45, 2.75) is 31.7 Å². The van der Waals surface area contributed by atoms with Crippen molar-refractivity contribution in [2.24, 2.45) is 23.5 Å². The molecule has 1 aromatic rings. The molecule has 148 valence electrons. The zero-order chi connectivity index (χ0) is 17.1. The van der Waals surface area contributed by atoms with Gasteiger partial charge in [-0.2, -0.15) is 0 Å². The van der Waals surface area contributed by atoms with Gasteiger partial charge in [-0.15, -0.1) is 24.8 Å². The van der Waals surface area contributed by atoms with E-state index in [2.05, 4.69) is 24.3 Å². The summed E-state index contributed by atoms with van der Waals surface area (Å²) >= 11 is 0. The van der Waals surface area contributed by atoms with Crippen molar-refractivity contribution in [1.29, 1.82) is 0 Å². The largest absolute Gasteiger partial charge is 0.493 e. The molecule has 5 nitrogen and oxygen atoms in total. The number of benzene rings is 1. The fourth-order valence-electron chi connectivity index (χ4n) is 4.18. The Balaban J connectivity index is 0.00000169. The zero-order valence-electron chi connectivity index (χ0n) is 15.5. The van der Waals surface area contributed by atoms with Crippen LogP contribution in [0.1, 0.15) is 25.7 Å². The van der Waals surface area contributed by atoms with E-state index < -0.39 is 0 Å². The molecule has 1 aromatic carbocycles. The van der Waals surface area contributed by atoms with E-state index in [9.17, 15) is 4.79 Å². The fraction of sp³-hybridized carbons (Fsp3) is 0.632. The van der Waals surface area contributed by atoms with E-state index in [1.807, 2.05) is 24.3 Å². The highest BCUT2D eigenvalue weighted by Gasteiger charge is 2.49. The van der Waals surface area contributed by atoms with E-state index in [4.69, 9.17) is 10.5 Å². The van der Waals surface area contributed by atoms with Crippen LogP contribution >= 0.6 is 24.8 Å². The summed E-state index contributed by atoms with van der Waals surface area (Å²) in [5.41, 5.74) is 7.06. The molecule has 0 saturated heterocycles. The number of fused-ring (bicyclic) bond motifs is 2. The summed E-state index contributed by atoms with van der Waals surface area (Å²) in [7, 11) is 4.10. The average molecular weight is 404 g/mol. The smallest absolute Gasteiger partial charge is 0.229 e. The number of carbonyl (C=O) groups is 1. The van der Waals surface area contributed by atoms with Crippen LogP contribution in [0.3, 0.4) is 0 Å². The van der Waals surface area contributed by atoms with Gasteiger partial charge in [-0.05, 0) is 63.7 Å². The Hall–Kier alpha value is -1.01. The summed E-state index contributed by atoms with van der Waals surface area (Å²) in [5, 5.41) is 3.04. The first-order chi connectivity index (χ1) is 11.5. The van der Waals surface area contributed by atoms with Crippen LogP contribution in [0.2, 0.25) is 0 Å². The van der Waals surface area contributed by atoms with Crippen molar-refractivity contribution >= 4 is 36.4 Å². The monoisotopic (exact) mass is 403 g/mol. The number of amides is 1. The molecule has 0 spiro atoms. The standard InChI is InChI=1S/C19H29N3O2.2ClH/c1-22(2)9-4-10-24-16-6-3-5-15(12-16)21-19(23)17-13-7-8-14(11-13)18(17)20;;/h3,5-6,12-14,17-18H,4,7-11,20H2,1-2H3,(H,21,23);2*1H. The van der Waals surface area contributed by atoms with Crippen LogP contribution in [-0.2, 0) is 4.79 Å². The van der Waals surface area contributed by atoms with Gasteiger partial charge < -0.3 is 20.7 Å². The highest BCUT2D eigenvalue weighted by Crippen LogP contribution is 2.47. The first-order valence-corrected chi connectivity index (χ1v) is 8.98. The molecular formula is C19H31Cl2N3O2. The second kappa shape index (κ2) is 10.4. The number of ether oxygens (including phenoxy) is 1. The third-order valence-corrected chi connectivity index (χ3v) is 5.40. The van der Waals surface area contributed by atoms with Crippen molar-refractivity contribution in [3.05, 3.63) is 24.3 Å². The number of carbonyl (C=O) groups excluding carboxylic acids is 1. The molecule has 0 aliphatic heterocycles. The molecule has 7 heteroatoms. The van der Waals surface area contributed by atoms with Crippen LogP contribution in [0.4, 0.5) is 5.69 Å². The maximum absolute atomic E-state index is 12.6. The van der Waals surface area contributed by atoms with Gasteiger partial charge in [-0.25, -0.2) is 0 Å². The number of nitrogens with one attached hydrogen (secondary N) is 1. The van der Waals surface area contributed by atoms with Gasteiger partial charge in [0.2, 0.25) is 5.91 Å². The molecular weight excluding hydrogens is 373 g/mol. The van der Waals surface area contributed by atoms with Crippen molar-refractivity contribution in [2.75, 3.05) is 32.6 Å². The molecule has 2 aliphatic rings. The molecule has 2 aliphatic carbocycles. The van der Waals surface area contributed by atoms with Crippen LogP contribution in [-0.4, -0.2) is 44.1 Å². The van der Waals surface area contributed by atoms with Crippen LogP contribution in [0.15, 0.2) is 24.3 Å². The van der Waals surface area contributed by atoms with Gasteiger partial charge in [0, 0.05) is 24.3 Å². The highest BCUT2D eigenvalue weighted by atomic mass is 35.5. The van der Waals surface area contributed by atoms with E-state index in [0.29, 0.717) is 18.4 Å². The number of nitrogens with zero attached hydrogens (tertiary/aromatic N) is 1. The average Bonchev–Trinajstić information content (AvgIpc) is 3.12. The lowest BCUT2D eigenvalue weighted by atomic mass is 9.84. The minimum absolute atomic E-state index is 0. The van der Waals surface area contributed by atoms with Crippen molar-refractivity contribution in [3.63, 3.8) is 0 Å². The van der Waals surface area contributed by atoms with Gasteiger partial charge in [0.25, 0.3) is 0 Å². The maximum Gasteiger partial charge on any atom is 0.229 e. The molecule has 0 aromatic heterocycles. The molecule has 4 unspecified atom stereocenters. The Kier molecular flexibility index (Phi) is 9.17. The summed E-state index contributed by atoms with van der Waals surface area (Å²) in [6.45, 7) is 1.67. The Morgan fingerprint density at radius 1 is 1.27 bits per heavy atom. The van der Waals surface area contributed by atoms with Crippen LogP contribution in [0.5, 0.6) is 5.75 Å². The lowest BCUT2D eigenvalue weighted by Gasteiger charge is -2.27. The summed E-state index contributed by atoms with van der Waals surface area (Å²) < 4.78 is 5.77. The number of anilines is 1. The Bertz CT molecular complexity index is 584. The lowest BCUT2D eigenvalue weighted by molar-refractivity contribution is -0.121. The maximum atomic E-state index is 12.6. The third-order valence-electron chi connectivity index (χ3n) is 5.40. The van der Waals surface area contributed by atoms with Gasteiger partial charge in [-0.3, -0.25) is 4.79 Å². The zero-order valence-corrected chi connectivity index (χ0v) is 17.2. The topological polar surface area (TPSA) is 67.6 Å². The summed E-state index contributed by atoms with van der Waals surface area (Å²) in [6, 6.07) is 7.66. The summed E-state index contributed by atoms with van der Waals surface area (Å²) in [4.78, 5) is 14.8. The minimum Gasteiger partial charge on any atom is -0.493 e. The molecule has 0 radical (unpaired) electrons. The van der Waals surface area contributed by atoms with E-state index >= 15 is 0 Å². The molecule has 2 bridgehead atoms. The Labute approximate surface area is 168 Å². The molecule has 3 N–H and O–H groups in total. The molecule has 0 heterocycles. The molecule has 4 atom stereocenters. The number of rotatable bonds is 7. The van der Waals surface area contributed by atoms with Crippen LogP contribution in [0, 0.1) is 17.8 Å². The number of halogens is 2. The lowest BCUT2D eigenvalue weighted by Crippen LogP contribution is -2.42. The molecule has 2 saturated carbocycles. The van der Waals surface area contributed by atoms with E-state index in [-0.39, 0.29) is 42.7 Å². The predicted molar refractivity (Wildman–Crippen MR) is 111 cm³/mol. The first-order valence-electron chi connectivity index (χ1n) is 8.98. The summed E-state index contributed by atoms with van der Waals surface area (Å²) in [5.74, 6) is 1.84. The predicted octanol–water partition coefficient (Wildman–Crippen LogP) is 3.17. The molecule has 2 fully saturated rings. The fourth-order valence-corrected chi connectivity index (χ4v) is 4.18. The molecule has 1 amide bonds. The minimum atomic E-state index is -0.0339. The number of nitrogens with two attached hydrogens (primary N) is 1. The van der Waals surface area contributed by atoms with Crippen LogP contribution in [0.25, 0.3) is 0 Å². The number of hydrogen-bond acceptors (Lipinski definition) is 4. The number of hydrogen-bond donors (Lipinski definition) is 2. The van der Waals surface area contributed by atoms with Gasteiger partial charge in [0.1, 0.15) is 5.75 Å². The second-order valence-corrected chi connectivity index (χ2v) is 7.46. The SMILES string of the molecule is CN(C)CCCOc1cccc(NC(=O)C2C3CCC(C3)C2N)c1.Cl.Cl. The van der Waals surface area contributed by atoms with Gasteiger partial charge in [0.15, 0.2) is 0 Å². The van der Waals surface area contributed by atoms with Gasteiger partial charge in [0.05, 0.1) is 12.5 Å². The Morgan fingerprint density at radius 2 is 2.00 bits per heavy atom. The van der Waals surface area contributed by atoms with E-state index in [1.165, 1.54) is 6.42 Å². The van der Waals surface area contributed by atoms with Crippen molar-refractivity contribution < 1.29 is 9.53 Å². The van der Waals surface area contributed by atoms with Gasteiger partial charge in [-0.1, -0.05) is 6.07 Å². The normalized spacial score (nSPS) is 26.2. The third kappa shape index (κ3) is 5.49. The second-order valence-electron chi connectivity index (χ2n) is 7.46. The highest BCUT2D eigenvalue weighted by molar-refractivity contribution is 5.93. The quantitative estimate of drug-likeness (QED) is 0.685. The molecule has 3 rings (SSSR count). The first kappa shape index (κ1) is 23.0. The van der Waals surface area contributed by atoms with Crippen LogP contribution < -0.4 is 15.8 Å². The van der Waals surface area contributed by atoms with Crippen molar-refractivity contribution in [3.8, 4) is 5.75 Å². The van der Waals surface area contributed by atoms with Gasteiger partial charge >= 0.3 is 0 Å². The molecule has 26 heavy (non-hydrogen) atoms. The summed E-state index contributed by atoms with van der Waals surface area (Å²) in [6.07, 6.45) is 4.43. The Morgan fingerprint density at radius 3 is 2.65 bits per heavy atom. The van der Waals surface area contributed by atoms with E-state index in [0.717, 1.165) is 37.2 Å². The van der Waals surface area contributed by atoms with Crippen molar-refractivity contribution in [1.82, 2.24) is 4.90 Å².